The SMILES string of the molecule is CCCc1nn(C)cc1-c1ccncc1N. The van der Waals surface area contributed by atoms with E-state index >= 15 is 0 Å². The number of nitrogens with two attached hydrogens (primary N) is 1. The molecule has 0 aromatic carbocycles. The summed E-state index contributed by atoms with van der Waals surface area (Å²) in [4.78, 5) is 4.00. The Balaban J connectivity index is 2.51. The van der Waals surface area contributed by atoms with Gasteiger partial charge in [-0.25, -0.2) is 0 Å². The predicted octanol–water partition coefficient (Wildman–Crippen LogP) is 2.02. The summed E-state index contributed by atoms with van der Waals surface area (Å²) in [6, 6.07) is 1.94. The van der Waals surface area contributed by atoms with E-state index in [1.807, 2.05) is 24.0 Å². The molecule has 0 aliphatic carbocycles. The fourth-order valence-electron chi connectivity index (χ4n) is 1.83. The molecule has 0 radical (unpaired) electrons. The molecule has 4 nitrogen and oxygen atoms in total. The molecule has 0 fully saturated rings. The summed E-state index contributed by atoms with van der Waals surface area (Å²) < 4.78 is 1.83. The Morgan fingerprint density at radius 2 is 2.19 bits per heavy atom. The van der Waals surface area contributed by atoms with Crippen molar-refractivity contribution in [2.45, 2.75) is 19.8 Å². The number of rotatable bonds is 3. The molecule has 2 N–H and O–H groups in total. The first-order chi connectivity index (χ1) is 7.72. The fraction of sp³-hybridized carbons (Fsp3) is 0.333. The van der Waals surface area contributed by atoms with Gasteiger partial charge in [-0.15, -0.1) is 0 Å². The highest BCUT2D eigenvalue weighted by atomic mass is 15.2. The number of hydrogen-bond donors (Lipinski definition) is 1. The smallest absolute Gasteiger partial charge is 0.0703 e. The Kier molecular flexibility index (Phi) is 2.90. The molecule has 0 spiro atoms. The van der Waals surface area contributed by atoms with Gasteiger partial charge in [-0.2, -0.15) is 5.10 Å². The van der Waals surface area contributed by atoms with E-state index in [2.05, 4.69) is 17.0 Å². The van der Waals surface area contributed by atoms with Crippen molar-refractivity contribution in [2.75, 3.05) is 5.73 Å². The molecule has 0 saturated carbocycles. The van der Waals surface area contributed by atoms with E-state index in [-0.39, 0.29) is 0 Å². The van der Waals surface area contributed by atoms with Crippen LogP contribution in [0.25, 0.3) is 11.1 Å². The van der Waals surface area contributed by atoms with Crippen LogP contribution in [0.1, 0.15) is 19.0 Å². The van der Waals surface area contributed by atoms with E-state index in [0.717, 1.165) is 29.7 Å². The second kappa shape index (κ2) is 4.35. The number of hydrogen-bond acceptors (Lipinski definition) is 3. The van der Waals surface area contributed by atoms with Gasteiger partial charge < -0.3 is 5.73 Å². The molecule has 2 rings (SSSR count). The molecular formula is C12H16N4. The van der Waals surface area contributed by atoms with Gasteiger partial charge in [0, 0.05) is 30.6 Å². The first-order valence-electron chi connectivity index (χ1n) is 5.44. The van der Waals surface area contributed by atoms with Gasteiger partial charge in [-0.05, 0) is 12.5 Å². The quantitative estimate of drug-likeness (QED) is 0.854. The van der Waals surface area contributed by atoms with Crippen LogP contribution in [0.5, 0.6) is 0 Å². The second-order valence-corrected chi connectivity index (χ2v) is 3.88. The predicted molar refractivity (Wildman–Crippen MR) is 64.8 cm³/mol. The standard InChI is InChI=1S/C12H16N4/c1-3-4-12-10(8-16(2)15-12)9-5-6-14-7-11(9)13/h5-8H,3-4,13H2,1-2H3. The van der Waals surface area contributed by atoms with Crippen LogP contribution in [0.4, 0.5) is 5.69 Å². The molecule has 0 amide bonds. The Bertz CT molecular complexity index is 488. The van der Waals surface area contributed by atoms with Crippen molar-refractivity contribution < 1.29 is 0 Å². The largest absolute Gasteiger partial charge is 0.397 e. The average Bonchev–Trinajstić information content (AvgIpc) is 2.61. The van der Waals surface area contributed by atoms with Gasteiger partial charge in [-0.3, -0.25) is 9.67 Å². The van der Waals surface area contributed by atoms with E-state index in [4.69, 9.17) is 5.73 Å². The number of anilines is 1. The minimum atomic E-state index is 0.702. The Morgan fingerprint density at radius 3 is 2.88 bits per heavy atom. The van der Waals surface area contributed by atoms with Crippen LogP contribution in [-0.4, -0.2) is 14.8 Å². The molecule has 0 aliphatic heterocycles. The zero-order chi connectivity index (χ0) is 11.5. The number of nitrogens with zero attached hydrogens (tertiary/aromatic N) is 3. The third-order valence-electron chi connectivity index (χ3n) is 2.53. The van der Waals surface area contributed by atoms with Crippen molar-refractivity contribution >= 4 is 5.69 Å². The lowest BCUT2D eigenvalue weighted by Gasteiger charge is -2.03. The minimum absolute atomic E-state index is 0.702. The number of pyridine rings is 1. The third-order valence-corrected chi connectivity index (χ3v) is 2.53. The van der Waals surface area contributed by atoms with Crippen molar-refractivity contribution in [2.24, 2.45) is 7.05 Å². The molecule has 2 aromatic rings. The number of aryl methyl sites for hydroxylation is 2. The van der Waals surface area contributed by atoms with E-state index in [9.17, 15) is 0 Å². The lowest BCUT2D eigenvalue weighted by molar-refractivity contribution is 0.733. The van der Waals surface area contributed by atoms with Gasteiger partial charge >= 0.3 is 0 Å². The minimum Gasteiger partial charge on any atom is -0.397 e. The maximum absolute atomic E-state index is 5.93. The Hall–Kier alpha value is -1.84. The molecule has 0 bridgehead atoms. The molecule has 0 saturated heterocycles. The second-order valence-electron chi connectivity index (χ2n) is 3.88. The fourth-order valence-corrected chi connectivity index (χ4v) is 1.83. The number of aromatic nitrogens is 3. The summed E-state index contributed by atoms with van der Waals surface area (Å²) in [5, 5.41) is 4.46. The van der Waals surface area contributed by atoms with E-state index < -0.39 is 0 Å². The van der Waals surface area contributed by atoms with Gasteiger partial charge in [-0.1, -0.05) is 13.3 Å². The van der Waals surface area contributed by atoms with Crippen LogP contribution in [0.3, 0.4) is 0 Å². The summed E-state index contributed by atoms with van der Waals surface area (Å²) in [6.45, 7) is 2.15. The van der Waals surface area contributed by atoms with Crippen LogP contribution < -0.4 is 5.73 Å². The Morgan fingerprint density at radius 1 is 1.38 bits per heavy atom. The molecule has 4 heteroatoms. The molecule has 16 heavy (non-hydrogen) atoms. The summed E-state index contributed by atoms with van der Waals surface area (Å²) in [7, 11) is 1.93. The lowest BCUT2D eigenvalue weighted by atomic mass is 10.0. The van der Waals surface area contributed by atoms with Crippen molar-refractivity contribution in [1.29, 1.82) is 0 Å². The monoisotopic (exact) mass is 216 g/mol. The van der Waals surface area contributed by atoms with Gasteiger partial charge in [0.25, 0.3) is 0 Å². The Labute approximate surface area is 95.1 Å². The molecule has 0 atom stereocenters. The zero-order valence-electron chi connectivity index (χ0n) is 9.64. The molecule has 0 unspecified atom stereocenters. The van der Waals surface area contributed by atoms with Crippen molar-refractivity contribution in [3.8, 4) is 11.1 Å². The molecule has 2 heterocycles. The van der Waals surface area contributed by atoms with Gasteiger partial charge in [0.05, 0.1) is 17.6 Å². The molecular weight excluding hydrogens is 200 g/mol. The summed E-state index contributed by atoms with van der Waals surface area (Å²) >= 11 is 0. The first kappa shape index (κ1) is 10.7. The lowest BCUT2D eigenvalue weighted by Crippen LogP contribution is -1.93. The highest BCUT2D eigenvalue weighted by Gasteiger charge is 2.11. The summed E-state index contributed by atoms with van der Waals surface area (Å²) in [5.74, 6) is 0. The zero-order valence-corrected chi connectivity index (χ0v) is 9.64. The maximum Gasteiger partial charge on any atom is 0.0703 e. The van der Waals surface area contributed by atoms with Crippen molar-refractivity contribution in [3.63, 3.8) is 0 Å². The molecule has 84 valence electrons. The van der Waals surface area contributed by atoms with Crippen LogP contribution in [0, 0.1) is 0 Å². The maximum atomic E-state index is 5.93. The third kappa shape index (κ3) is 1.91. The molecule has 0 aliphatic rings. The van der Waals surface area contributed by atoms with Gasteiger partial charge in [0.15, 0.2) is 0 Å². The van der Waals surface area contributed by atoms with Gasteiger partial charge in [0.2, 0.25) is 0 Å². The average molecular weight is 216 g/mol. The van der Waals surface area contributed by atoms with Crippen molar-refractivity contribution in [1.82, 2.24) is 14.8 Å². The van der Waals surface area contributed by atoms with E-state index in [1.165, 1.54) is 0 Å². The highest BCUT2D eigenvalue weighted by molar-refractivity contribution is 5.76. The topological polar surface area (TPSA) is 56.7 Å². The normalized spacial score (nSPS) is 10.6. The molecule has 2 aromatic heterocycles. The number of nitrogen functional groups attached to an aromatic ring is 1. The van der Waals surface area contributed by atoms with Crippen LogP contribution >= 0.6 is 0 Å². The van der Waals surface area contributed by atoms with Crippen LogP contribution in [-0.2, 0) is 13.5 Å². The van der Waals surface area contributed by atoms with E-state index in [0.29, 0.717) is 5.69 Å². The van der Waals surface area contributed by atoms with Crippen LogP contribution in [0.2, 0.25) is 0 Å². The summed E-state index contributed by atoms with van der Waals surface area (Å²) in [5.41, 5.74) is 9.86. The van der Waals surface area contributed by atoms with Gasteiger partial charge in [0.1, 0.15) is 0 Å². The first-order valence-corrected chi connectivity index (χ1v) is 5.44. The summed E-state index contributed by atoms with van der Waals surface area (Å²) in [6.07, 6.45) is 7.50. The highest BCUT2D eigenvalue weighted by Crippen LogP contribution is 2.27. The van der Waals surface area contributed by atoms with Crippen LogP contribution in [0.15, 0.2) is 24.7 Å². The van der Waals surface area contributed by atoms with Crippen molar-refractivity contribution in [3.05, 3.63) is 30.4 Å². The van der Waals surface area contributed by atoms with E-state index in [1.54, 1.807) is 12.4 Å².